The number of aromatic nitrogens is 2. The highest BCUT2D eigenvalue weighted by Crippen LogP contribution is 2.26. The van der Waals surface area contributed by atoms with Crippen LogP contribution >= 0.6 is 11.6 Å². The van der Waals surface area contributed by atoms with Crippen LogP contribution in [0.25, 0.3) is 11.5 Å². The summed E-state index contributed by atoms with van der Waals surface area (Å²) in [6, 6.07) is 13.6. The van der Waals surface area contributed by atoms with Crippen molar-refractivity contribution in [3.8, 4) is 11.5 Å². The van der Waals surface area contributed by atoms with Crippen LogP contribution in [0.15, 0.2) is 52.9 Å². The van der Waals surface area contributed by atoms with Gasteiger partial charge in [0.15, 0.2) is 0 Å². The molecule has 0 spiro atoms. The highest BCUT2D eigenvalue weighted by atomic mass is 35.5. The van der Waals surface area contributed by atoms with Crippen LogP contribution in [-0.2, 0) is 16.0 Å². The number of ether oxygens (including phenoxy) is 1. The van der Waals surface area contributed by atoms with Crippen molar-refractivity contribution < 1.29 is 18.7 Å². The van der Waals surface area contributed by atoms with Crippen molar-refractivity contribution in [3.63, 3.8) is 0 Å². The van der Waals surface area contributed by atoms with Crippen LogP contribution in [0.5, 0.6) is 0 Å². The van der Waals surface area contributed by atoms with Gasteiger partial charge >= 0.3 is 5.97 Å². The molecule has 1 aromatic heterocycles. The summed E-state index contributed by atoms with van der Waals surface area (Å²) < 4.78 is 10.2. The number of rotatable bonds is 6. The average Bonchev–Trinajstić information content (AvgIpc) is 3.15. The predicted molar refractivity (Wildman–Crippen MR) is 99.5 cm³/mol. The van der Waals surface area contributed by atoms with Gasteiger partial charge in [0.05, 0.1) is 23.3 Å². The van der Waals surface area contributed by atoms with Crippen LogP contribution in [0.2, 0.25) is 5.02 Å². The first-order valence-corrected chi connectivity index (χ1v) is 8.50. The van der Waals surface area contributed by atoms with Gasteiger partial charge in [0.2, 0.25) is 17.7 Å². The Bertz CT molecular complexity index is 971. The second-order valence-corrected chi connectivity index (χ2v) is 6.01. The minimum atomic E-state index is -0.468. The molecular formula is C19H16ClN3O4. The van der Waals surface area contributed by atoms with E-state index in [1.165, 1.54) is 7.11 Å². The molecule has 0 unspecified atom stereocenters. The first kappa shape index (κ1) is 18.6. The number of halogens is 1. The van der Waals surface area contributed by atoms with Crippen molar-refractivity contribution in [1.82, 2.24) is 10.2 Å². The third-order valence-corrected chi connectivity index (χ3v) is 4.03. The average molecular weight is 386 g/mol. The monoisotopic (exact) mass is 385 g/mol. The molecule has 0 aliphatic rings. The Balaban J connectivity index is 1.59. The van der Waals surface area contributed by atoms with E-state index in [-0.39, 0.29) is 18.7 Å². The Morgan fingerprint density at radius 1 is 1.15 bits per heavy atom. The van der Waals surface area contributed by atoms with Gasteiger partial charge in [-0.05, 0) is 30.3 Å². The second kappa shape index (κ2) is 8.46. The van der Waals surface area contributed by atoms with E-state index in [9.17, 15) is 9.59 Å². The lowest BCUT2D eigenvalue weighted by Gasteiger charge is -2.06. The van der Waals surface area contributed by atoms with Crippen LogP contribution < -0.4 is 5.32 Å². The highest BCUT2D eigenvalue weighted by molar-refractivity contribution is 6.33. The fourth-order valence-corrected chi connectivity index (χ4v) is 2.60. The standard InChI is InChI=1S/C19H16ClN3O4/c1-26-19(25)12-5-4-6-13(11-12)21-16(24)9-10-17-22-23-18(27-17)14-7-2-3-8-15(14)20/h2-8,11H,9-10H2,1H3,(H,21,24). The number of hydrogen-bond acceptors (Lipinski definition) is 6. The van der Waals surface area contributed by atoms with Crippen molar-refractivity contribution in [1.29, 1.82) is 0 Å². The van der Waals surface area contributed by atoms with E-state index >= 15 is 0 Å². The van der Waals surface area contributed by atoms with Crippen LogP contribution in [0.3, 0.4) is 0 Å². The van der Waals surface area contributed by atoms with E-state index in [0.717, 1.165) is 0 Å². The van der Waals surface area contributed by atoms with Gasteiger partial charge in [-0.15, -0.1) is 10.2 Å². The lowest BCUT2D eigenvalue weighted by Crippen LogP contribution is -2.13. The summed E-state index contributed by atoms with van der Waals surface area (Å²) in [5.41, 5.74) is 1.50. The Hall–Kier alpha value is -3.19. The molecular weight excluding hydrogens is 370 g/mol. The zero-order valence-corrected chi connectivity index (χ0v) is 15.2. The third-order valence-electron chi connectivity index (χ3n) is 3.70. The van der Waals surface area contributed by atoms with Crippen molar-refractivity contribution in [3.05, 3.63) is 65.0 Å². The third kappa shape index (κ3) is 4.71. The molecule has 0 atom stereocenters. The van der Waals surface area contributed by atoms with Crippen LogP contribution in [-0.4, -0.2) is 29.2 Å². The smallest absolute Gasteiger partial charge is 0.337 e. The summed E-state index contributed by atoms with van der Waals surface area (Å²) in [5.74, 6) is -0.0660. The zero-order chi connectivity index (χ0) is 19.2. The number of nitrogens with zero attached hydrogens (tertiary/aromatic N) is 2. The van der Waals surface area contributed by atoms with Gasteiger partial charge in [-0.25, -0.2) is 4.79 Å². The van der Waals surface area contributed by atoms with Gasteiger partial charge in [-0.1, -0.05) is 29.8 Å². The van der Waals surface area contributed by atoms with E-state index in [1.807, 2.05) is 12.1 Å². The number of methoxy groups -OCH3 is 1. The number of carbonyl (C=O) groups excluding carboxylic acids is 2. The first-order chi connectivity index (χ1) is 13.1. The van der Waals surface area contributed by atoms with E-state index in [4.69, 9.17) is 16.0 Å². The summed E-state index contributed by atoms with van der Waals surface area (Å²) in [4.78, 5) is 23.7. The molecule has 1 heterocycles. The second-order valence-electron chi connectivity index (χ2n) is 5.60. The van der Waals surface area contributed by atoms with Gasteiger partial charge in [-0.2, -0.15) is 0 Å². The molecule has 0 aliphatic carbocycles. The molecule has 0 fully saturated rings. The van der Waals surface area contributed by atoms with Crippen LogP contribution in [0, 0.1) is 0 Å². The Labute approximate surface area is 160 Å². The minimum Gasteiger partial charge on any atom is -0.465 e. The number of aryl methyl sites for hydroxylation is 1. The Morgan fingerprint density at radius 3 is 2.74 bits per heavy atom. The molecule has 138 valence electrons. The number of anilines is 1. The van der Waals surface area contributed by atoms with E-state index < -0.39 is 5.97 Å². The predicted octanol–water partition coefficient (Wildman–Crippen LogP) is 3.75. The Morgan fingerprint density at radius 2 is 1.96 bits per heavy atom. The lowest BCUT2D eigenvalue weighted by molar-refractivity contribution is -0.116. The molecule has 2 aromatic carbocycles. The summed E-state index contributed by atoms with van der Waals surface area (Å²) in [6.45, 7) is 0. The van der Waals surface area contributed by atoms with Gasteiger partial charge in [0, 0.05) is 18.5 Å². The number of nitrogens with one attached hydrogen (secondary N) is 1. The van der Waals surface area contributed by atoms with Gasteiger partial charge in [0.1, 0.15) is 0 Å². The Kier molecular flexibility index (Phi) is 5.83. The molecule has 0 radical (unpaired) electrons. The van der Waals surface area contributed by atoms with E-state index in [1.54, 1.807) is 36.4 Å². The van der Waals surface area contributed by atoms with Gasteiger partial charge < -0.3 is 14.5 Å². The maximum absolute atomic E-state index is 12.1. The summed E-state index contributed by atoms with van der Waals surface area (Å²) >= 11 is 6.11. The van der Waals surface area contributed by atoms with Crippen LogP contribution in [0.4, 0.5) is 5.69 Å². The lowest BCUT2D eigenvalue weighted by atomic mass is 10.2. The molecule has 0 saturated heterocycles. The SMILES string of the molecule is COC(=O)c1cccc(NC(=O)CCc2nnc(-c3ccccc3Cl)o2)c1. The molecule has 3 aromatic rings. The fourth-order valence-electron chi connectivity index (χ4n) is 2.38. The molecule has 8 heteroatoms. The highest BCUT2D eigenvalue weighted by Gasteiger charge is 2.13. The quantitative estimate of drug-likeness (QED) is 0.649. The van der Waals surface area contributed by atoms with Crippen molar-refractivity contribution in [2.24, 2.45) is 0 Å². The molecule has 0 saturated carbocycles. The van der Waals surface area contributed by atoms with Crippen molar-refractivity contribution in [2.45, 2.75) is 12.8 Å². The van der Waals surface area contributed by atoms with Gasteiger partial charge in [0.25, 0.3) is 0 Å². The number of esters is 1. The molecule has 1 amide bonds. The maximum atomic E-state index is 12.1. The number of benzene rings is 2. The number of amides is 1. The first-order valence-electron chi connectivity index (χ1n) is 8.12. The molecule has 0 aliphatic heterocycles. The normalized spacial score (nSPS) is 10.4. The van der Waals surface area contributed by atoms with E-state index in [2.05, 4.69) is 20.3 Å². The van der Waals surface area contributed by atoms with Gasteiger partial charge in [-0.3, -0.25) is 4.79 Å². The molecule has 3 rings (SSSR count). The zero-order valence-electron chi connectivity index (χ0n) is 14.4. The molecule has 27 heavy (non-hydrogen) atoms. The maximum Gasteiger partial charge on any atom is 0.337 e. The van der Waals surface area contributed by atoms with E-state index in [0.29, 0.717) is 33.6 Å². The molecule has 7 nitrogen and oxygen atoms in total. The van der Waals surface area contributed by atoms with Crippen LogP contribution in [0.1, 0.15) is 22.7 Å². The summed E-state index contributed by atoms with van der Waals surface area (Å²) in [6.07, 6.45) is 0.423. The fraction of sp³-hybridized carbons (Fsp3) is 0.158. The number of carbonyl (C=O) groups is 2. The number of hydrogen-bond donors (Lipinski definition) is 1. The topological polar surface area (TPSA) is 94.3 Å². The van der Waals surface area contributed by atoms with Crippen molar-refractivity contribution in [2.75, 3.05) is 12.4 Å². The molecule has 0 bridgehead atoms. The summed E-state index contributed by atoms with van der Waals surface area (Å²) in [7, 11) is 1.30. The summed E-state index contributed by atoms with van der Waals surface area (Å²) in [5, 5.41) is 11.1. The molecule has 1 N–H and O–H groups in total. The van der Waals surface area contributed by atoms with Crippen molar-refractivity contribution >= 4 is 29.2 Å². The minimum absolute atomic E-state index is 0.145. The largest absolute Gasteiger partial charge is 0.465 e.